The maximum absolute atomic E-state index is 6.09. The van der Waals surface area contributed by atoms with Gasteiger partial charge < -0.3 is 10.1 Å². The fourth-order valence-corrected chi connectivity index (χ4v) is 2.24. The maximum Gasteiger partial charge on any atom is 0.148 e. The topological polar surface area (TPSA) is 52.0 Å². The van der Waals surface area contributed by atoms with Gasteiger partial charge in [-0.15, -0.1) is 0 Å². The summed E-state index contributed by atoms with van der Waals surface area (Å²) in [7, 11) is 1.69. The number of hydrogen-bond donors (Lipinski definition) is 1. The molecule has 0 saturated carbocycles. The second-order valence-electron chi connectivity index (χ2n) is 4.56. The Bertz CT molecular complexity index is 583. The van der Waals surface area contributed by atoms with Crippen LogP contribution in [0.2, 0.25) is 5.02 Å². The lowest BCUT2D eigenvalue weighted by Crippen LogP contribution is -2.20. The normalized spacial score (nSPS) is 11.0. The molecular weight excluding hydrogens is 276 g/mol. The monoisotopic (exact) mass is 294 g/mol. The molecule has 0 aliphatic heterocycles. The Morgan fingerprint density at radius 3 is 2.80 bits per heavy atom. The van der Waals surface area contributed by atoms with Crippen molar-refractivity contribution in [3.8, 4) is 5.69 Å². The van der Waals surface area contributed by atoms with Crippen LogP contribution in [-0.4, -0.2) is 35.0 Å². The summed E-state index contributed by atoms with van der Waals surface area (Å²) in [5.74, 6) is 1.62. The van der Waals surface area contributed by atoms with Gasteiger partial charge in [-0.3, -0.25) is 0 Å². The number of nitrogens with one attached hydrogen (secondary N) is 1. The summed E-state index contributed by atoms with van der Waals surface area (Å²) in [6.45, 7) is 6.00. The number of ether oxygens (including phenoxy) is 1. The molecule has 1 heterocycles. The van der Waals surface area contributed by atoms with E-state index in [0.29, 0.717) is 18.2 Å². The Morgan fingerprint density at radius 2 is 2.15 bits per heavy atom. The summed E-state index contributed by atoms with van der Waals surface area (Å²) in [6, 6.07) is 5.79. The van der Waals surface area contributed by atoms with E-state index in [1.807, 2.05) is 36.7 Å². The summed E-state index contributed by atoms with van der Waals surface area (Å²) >= 11 is 6.09. The number of benzene rings is 1. The summed E-state index contributed by atoms with van der Waals surface area (Å²) in [5, 5.41) is 8.46. The second-order valence-corrected chi connectivity index (χ2v) is 5.00. The van der Waals surface area contributed by atoms with Gasteiger partial charge in [-0.05, 0) is 37.6 Å². The van der Waals surface area contributed by atoms with Gasteiger partial charge in [0.15, 0.2) is 0 Å². The minimum atomic E-state index is 0.678. The molecular formula is C14H19ClN4O. The van der Waals surface area contributed by atoms with Gasteiger partial charge in [0.05, 0.1) is 12.3 Å². The molecule has 0 bridgehead atoms. The average Bonchev–Trinajstić information content (AvgIpc) is 2.74. The van der Waals surface area contributed by atoms with Crippen molar-refractivity contribution in [3.05, 3.63) is 40.4 Å². The third-order valence-corrected chi connectivity index (χ3v) is 3.18. The van der Waals surface area contributed by atoms with E-state index in [2.05, 4.69) is 15.4 Å². The van der Waals surface area contributed by atoms with Crippen molar-refractivity contribution in [1.29, 1.82) is 0 Å². The van der Waals surface area contributed by atoms with Gasteiger partial charge in [0, 0.05) is 25.2 Å². The smallest absolute Gasteiger partial charge is 0.148 e. The molecule has 1 aromatic carbocycles. The highest BCUT2D eigenvalue weighted by Crippen LogP contribution is 2.20. The molecule has 0 fully saturated rings. The van der Waals surface area contributed by atoms with Crippen molar-refractivity contribution in [2.24, 2.45) is 0 Å². The fourth-order valence-electron chi connectivity index (χ4n) is 2.05. The molecule has 1 N–H and O–H groups in total. The highest BCUT2D eigenvalue weighted by atomic mass is 35.5. The Labute approximate surface area is 123 Å². The van der Waals surface area contributed by atoms with E-state index in [1.54, 1.807) is 7.11 Å². The largest absolute Gasteiger partial charge is 0.383 e. The van der Waals surface area contributed by atoms with Crippen LogP contribution < -0.4 is 5.32 Å². The first-order valence-electron chi connectivity index (χ1n) is 6.50. The van der Waals surface area contributed by atoms with Crippen LogP contribution in [0.25, 0.3) is 5.69 Å². The summed E-state index contributed by atoms with van der Waals surface area (Å²) < 4.78 is 6.87. The molecule has 0 atom stereocenters. The highest BCUT2D eigenvalue weighted by molar-refractivity contribution is 6.30. The number of rotatable bonds is 6. The number of aromatic nitrogens is 3. The molecule has 108 valence electrons. The number of methoxy groups -OCH3 is 1. The van der Waals surface area contributed by atoms with Crippen molar-refractivity contribution >= 4 is 11.6 Å². The molecule has 20 heavy (non-hydrogen) atoms. The molecule has 0 spiro atoms. The number of hydrogen-bond acceptors (Lipinski definition) is 4. The van der Waals surface area contributed by atoms with Crippen LogP contribution in [0.1, 0.15) is 17.2 Å². The third-order valence-electron chi connectivity index (χ3n) is 2.94. The Hall–Kier alpha value is -1.43. The summed E-state index contributed by atoms with van der Waals surface area (Å²) in [6.07, 6.45) is 0. The third kappa shape index (κ3) is 3.56. The van der Waals surface area contributed by atoms with Crippen LogP contribution in [0.5, 0.6) is 0 Å². The van der Waals surface area contributed by atoms with E-state index in [-0.39, 0.29) is 0 Å². The van der Waals surface area contributed by atoms with Crippen LogP contribution >= 0.6 is 11.6 Å². The lowest BCUT2D eigenvalue weighted by atomic mass is 10.1. The molecule has 5 nitrogen and oxygen atoms in total. The molecule has 6 heteroatoms. The minimum Gasteiger partial charge on any atom is -0.383 e. The number of aryl methyl sites for hydroxylation is 2. The zero-order valence-corrected chi connectivity index (χ0v) is 12.7. The first kappa shape index (κ1) is 15.0. The van der Waals surface area contributed by atoms with E-state index < -0.39 is 0 Å². The minimum absolute atomic E-state index is 0.678. The number of halogens is 1. The summed E-state index contributed by atoms with van der Waals surface area (Å²) in [4.78, 5) is 4.34. The van der Waals surface area contributed by atoms with Crippen LogP contribution in [-0.2, 0) is 11.3 Å². The predicted octanol–water partition coefficient (Wildman–Crippen LogP) is 2.27. The van der Waals surface area contributed by atoms with Gasteiger partial charge in [0.1, 0.15) is 11.6 Å². The maximum atomic E-state index is 6.09. The Morgan fingerprint density at radius 1 is 1.35 bits per heavy atom. The quantitative estimate of drug-likeness (QED) is 0.831. The Balaban J connectivity index is 2.26. The van der Waals surface area contributed by atoms with Gasteiger partial charge in [-0.1, -0.05) is 11.6 Å². The van der Waals surface area contributed by atoms with Gasteiger partial charge >= 0.3 is 0 Å². The first-order chi connectivity index (χ1) is 9.61. The van der Waals surface area contributed by atoms with Crippen molar-refractivity contribution < 1.29 is 4.74 Å². The molecule has 1 aromatic heterocycles. The zero-order chi connectivity index (χ0) is 14.5. The van der Waals surface area contributed by atoms with E-state index in [4.69, 9.17) is 16.3 Å². The fraction of sp³-hybridized carbons (Fsp3) is 0.429. The Kier molecular flexibility index (Phi) is 5.11. The van der Waals surface area contributed by atoms with Crippen LogP contribution in [0.15, 0.2) is 18.2 Å². The van der Waals surface area contributed by atoms with Gasteiger partial charge in [0.2, 0.25) is 0 Å². The van der Waals surface area contributed by atoms with Gasteiger partial charge in [-0.25, -0.2) is 9.67 Å². The van der Waals surface area contributed by atoms with Crippen LogP contribution in [0.3, 0.4) is 0 Å². The van der Waals surface area contributed by atoms with E-state index in [9.17, 15) is 0 Å². The molecule has 2 aromatic rings. The molecule has 0 unspecified atom stereocenters. The first-order valence-corrected chi connectivity index (χ1v) is 6.88. The van der Waals surface area contributed by atoms with Gasteiger partial charge in [0.25, 0.3) is 0 Å². The van der Waals surface area contributed by atoms with E-state index in [0.717, 1.165) is 29.4 Å². The lowest BCUT2D eigenvalue weighted by Gasteiger charge is -2.12. The van der Waals surface area contributed by atoms with Crippen molar-refractivity contribution in [2.45, 2.75) is 20.4 Å². The van der Waals surface area contributed by atoms with Crippen molar-refractivity contribution in [1.82, 2.24) is 20.1 Å². The van der Waals surface area contributed by atoms with Crippen molar-refractivity contribution in [2.75, 3.05) is 20.3 Å². The van der Waals surface area contributed by atoms with Crippen LogP contribution in [0, 0.1) is 13.8 Å². The van der Waals surface area contributed by atoms with E-state index in [1.165, 1.54) is 0 Å². The SMILES string of the molecule is COCCNCc1cc(Cl)ccc1-n1nc(C)nc1C. The number of nitrogens with zero attached hydrogens (tertiary/aromatic N) is 3. The van der Waals surface area contributed by atoms with Crippen molar-refractivity contribution in [3.63, 3.8) is 0 Å². The standard InChI is InChI=1S/C14H19ClN4O/c1-10-17-11(2)19(18-10)14-5-4-13(15)8-12(14)9-16-6-7-20-3/h4-5,8,16H,6-7,9H2,1-3H3. The zero-order valence-electron chi connectivity index (χ0n) is 12.0. The van der Waals surface area contributed by atoms with E-state index >= 15 is 0 Å². The molecule has 0 amide bonds. The van der Waals surface area contributed by atoms with Gasteiger partial charge in [-0.2, -0.15) is 5.10 Å². The second kappa shape index (κ2) is 6.83. The van der Waals surface area contributed by atoms with Crippen LogP contribution in [0.4, 0.5) is 0 Å². The molecule has 2 rings (SSSR count). The molecule has 0 saturated heterocycles. The molecule has 0 aliphatic carbocycles. The molecule has 0 radical (unpaired) electrons. The highest BCUT2D eigenvalue weighted by Gasteiger charge is 2.10. The average molecular weight is 295 g/mol. The lowest BCUT2D eigenvalue weighted by molar-refractivity contribution is 0.199. The molecule has 0 aliphatic rings. The summed E-state index contributed by atoms with van der Waals surface area (Å²) in [5.41, 5.74) is 2.08. The predicted molar refractivity (Wildman–Crippen MR) is 79.4 cm³/mol.